The highest BCUT2D eigenvalue weighted by molar-refractivity contribution is 7.89. The Balaban J connectivity index is 2.33. The van der Waals surface area contributed by atoms with Gasteiger partial charge in [0.25, 0.3) is 0 Å². The maximum Gasteiger partial charge on any atom is 0.410 e. The van der Waals surface area contributed by atoms with E-state index in [1.807, 2.05) is 18.2 Å². The molecule has 0 aromatic carbocycles. The third-order valence-electron chi connectivity index (χ3n) is 5.23. The fourth-order valence-corrected chi connectivity index (χ4v) is 4.89. The van der Waals surface area contributed by atoms with Crippen LogP contribution in [0.15, 0.2) is 18.2 Å². The van der Waals surface area contributed by atoms with Gasteiger partial charge in [-0.1, -0.05) is 26.8 Å². The quantitative estimate of drug-likeness (QED) is 0.647. The van der Waals surface area contributed by atoms with Gasteiger partial charge in [-0.05, 0) is 38.8 Å². The van der Waals surface area contributed by atoms with Crippen molar-refractivity contribution >= 4 is 16.1 Å². The van der Waals surface area contributed by atoms with Gasteiger partial charge >= 0.3 is 6.09 Å². The van der Waals surface area contributed by atoms with E-state index in [0.29, 0.717) is 25.8 Å². The maximum atomic E-state index is 12.8. The summed E-state index contributed by atoms with van der Waals surface area (Å²) < 4.78 is 38.3. The van der Waals surface area contributed by atoms with E-state index in [4.69, 9.17) is 14.5 Å². The lowest BCUT2D eigenvalue weighted by Crippen LogP contribution is -2.58. The average molecular weight is 456 g/mol. The predicted octanol–water partition coefficient (Wildman–Crippen LogP) is 2.87. The minimum absolute atomic E-state index is 0.111. The summed E-state index contributed by atoms with van der Waals surface area (Å²) in [6.07, 6.45) is 1.09. The SMILES string of the molecule is COCCS(=O)(=O)NC1CCCN(C(=O)OC(C)C)C1Cc1cccc(C(C)(C)C)n1. The zero-order valence-electron chi connectivity index (χ0n) is 19.6. The number of sulfonamides is 1. The van der Waals surface area contributed by atoms with E-state index in [-0.39, 0.29) is 29.9 Å². The number of methoxy groups -OCH3 is 1. The maximum absolute atomic E-state index is 12.8. The van der Waals surface area contributed by atoms with Gasteiger partial charge in [0.2, 0.25) is 10.0 Å². The number of hydrogen-bond donors (Lipinski definition) is 1. The number of likely N-dealkylation sites (tertiary alicyclic amines) is 1. The molecule has 1 amide bonds. The number of hydrogen-bond acceptors (Lipinski definition) is 6. The van der Waals surface area contributed by atoms with Crippen LogP contribution in [0.2, 0.25) is 0 Å². The number of rotatable bonds is 8. The topological polar surface area (TPSA) is 97.8 Å². The molecule has 2 rings (SSSR count). The third kappa shape index (κ3) is 7.73. The monoisotopic (exact) mass is 455 g/mol. The molecule has 1 fully saturated rings. The molecule has 9 heteroatoms. The number of amides is 1. The molecule has 176 valence electrons. The average Bonchev–Trinajstić information content (AvgIpc) is 2.66. The molecule has 2 atom stereocenters. The fourth-order valence-electron chi connectivity index (χ4n) is 3.65. The highest BCUT2D eigenvalue weighted by atomic mass is 32.2. The van der Waals surface area contributed by atoms with Crippen LogP contribution in [-0.4, -0.2) is 68.6 Å². The van der Waals surface area contributed by atoms with Crippen molar-refractivity contribution < 1.29 is 22.7 Å². The van der Waals surface area contributed by atoms with Crippen molar-refractivity contribution in [1.29, 1.82) is 0 Å². The number of carbonyl (C=O) groups is 1. The van der Waals surface area contributed by atoms with E-state index in [0.717, 1.165) is 11.4 Å². The molecule has 2 heterocycles. The molecular weight excluding hydrogens is 418 g/mol. The first-order valence-corrected chi connectivity index (χ1v) is 12.5. The minimum Gasteiger partial charge on any atom is -0.447 e. The molecule has 0 saturated carbocycles. The summed E-state index contributed by atoms with van der Waals surface area (Å²) >= 11 is 0. The summed E-state index contributed by atoms with van der Waals surface area (Å²) in [6, 6.07) is 5.06. The number of ether oxygens (including phenoxy) is 2. The van der Waals surface area contributed by atoms with Crippen molar-refractivity contribution in [3.8, 4) is 0 Å². The molecule has 1 aliphatic rings. The van der Waals surface area contributed by atoms with Crippen molar-refractivity contribution in [2.75, 3.05) is 26.0 Å². The highest BCUT2D eigenvalue weighted by Gasteiger charge is 2.38. The molecule has 1 saturated heterocycles. The third-order valence-corrected chi connectivity index (χ3v) is 6.60. The van der Waals surface area contributed by atoms with Crippen LogP contribution in [0.5, 0.6) is 0 Å². The molecule has 1 aromatic rings. The molecule has 1 aromatic heterocycles. The molecule has 1 aliphatic heterocycles. The zero-order chi connectivity index (χ0) is 23.2. The van der Waals surface area contributed by atoms with Gasteiger partial charge in [-0.3, -0.25) is 4.98 Å². The largest absolute Gasteiger partial charge is 0.447 e. The molecule has 0 spiro atoms. The second-order valence-electron chi connectivity index (χ2n) is 9.34. The van der Waals surface area contributed by atoms with Crippen LogP contribution >= 0.6 is 0 Å². The summed E-state index contributed by atoms with van der Waals surface area (Å²) in [5.41, 5.74) is 1.66. The first kappa shape index (κ1) is 25.5. The smallest absolute Gasteiger partial charge is 0.410 e. The first-order chi connectivity index (χ1) is 14.4. The Morgan fingerprint density at radius 3 is 2.65 bits per heavy atom. The van der Waals surface area contributed by atoms with Gasteiger partial charge in [0.05, 0.1) is 24.5 Å². The summed E-state index contributed by atoms with van der Waals surface area (Å²) in [4.78, 5) is 19.3. The Kier molecular flexibility index (Phi) is 8.85. The zero-order valence-corrected chi connectivity index (χ0v) is 20.4. The molecule has 8 nitrogen and oxygen atoms in total. The van der Waals surface area contributed by atoms with Gasteiger partial charge in [-0.2, -0.15) is 0 Å². The molecule has 1 N–H and O–H groups in total. The van der Waals surface area contributed by atoms with Crippen LogP contribution in [0.1, 0.15) is 58.8 Å². The van der Waals surface area contributed by atoms with Crippen LogP contribution in [0.3, 0.4) is 0 Å². The number of carbonyl (C=O) groups excluding carboxylic acids is 1. The number of aromatic nitrogens is 1. The molecule has 31 heavy (non-hydrogen) atoms. The Morgan fingerprint density at radius 1 is 1.32 bits per heavy atom. The van der Waals surface area contributed by atoms with Crippen molar-refractivity contribution in [1.82, 2.24) is 14.6 Å². The van der Waals surface area contributed by atoms with Gasteiger partial charge < -0.3 is 14.4 Å². The lowest BCUT2D eigenvalue weighted by molar-refractivity contribution is 0.0458. The summed E-state index contributed by atoms with van der Waals surface area (Å²) in [5, 5.41) is 0. The van der Waals surface area contributed by atoms with E-state index in [2.05, 4.69) is 25.5 Å². The predicted molar refractivity (Wildman–Crippen MR) is 121 cm³/mol. The summed E-state index contributed by atoms with van der Waals surface area (Å²) in [7, 11) is -2.08. The van der Waals surface area contributed by atoms with Gasteiger partial charge in [0.1, 0.15) is 0 Å². The molecule has 0 radical (unpaired) electrons. The van der Waals surface area contributed by atoms with Gasteiger partial charge in [-0.25, -0.2) is 17.9 Å². The van der Waals surface area contributed by atoms with E-state index in [1.54, 1.807) is 18.7 Å². The van der Waals surface area contributed by atoms with Crippen molar-refractivity contribution in [2.45, 2.75) is 77.5 Å². The minimum atomic E-state index is -3.55. The van der Waals surface area contributed by atoms with Crippen LogP contribution in [0.25, 0.3) is 0 Å². The van der Waals surface area contributed by atoms with E-state index in [1.165, 1.54) is 7.11 Å². The van der Waals surface area contributed by atoms with Crippen LogP contribution in [0, 0.1) is 0 Å². The number of pyridine rings is 1. The second-order valence-corrected chi connectivity index (χ2v) is 11.2. The Hall–Kier alpha value is -1.71. The number of nitrogens with zero attached hydrogens (tertiary/aromatic N) is 2. The Morgan fingerprint density at radius 2 is 2.03 bits per heavy atom. The van der Waals surface area contributed by atoms with E-state index < -0.39 is 22.2 Å². The van der Waals surface area contributed by atoms with Gasteiger partial charge in [0, 0.05) is 42.9 Å². The lowest BCUT2D eigenvalue weighted by atomic mass is 9.90. The van der Waals surface area contributed by atoms with Crippen LogP contribution < -0.4 is 4.72 Å². The normalized spacial score (nSPS) is 20.2. The highest BCUT2D eigenvalue weighted by Crippen LogP contribution is 2.25. The molecule has 0 aliphatic carbocycles. The second kappa shape index (κ2) is 10.7. The standard InChI is InChI=1S/C22H37N3O5S/c1-16(2)30-21(26)25-12-8-10-18(24-31(27,28)14-13-29-6)19(25)15-17-9-7-11-20(23-17)22(3,4)5/h7,9,11,16,18-19,24H,8,10,12-15H2,1-6H3. The molecule has 0 bridgehead atoms. The van der Waals surface area contributed by atoms with Crippen molar-refractivity contribution in [3.05, 3.63) is 29.6 Å². The van der Waals surface area contributed by atoms with E-state index in [9.17, 15) is 13.2 Å². The van der Waals surface area contributed by atoms with Gasteiger partial charge in [0.15, 0.2) is 0 Å². The Labute approximate surface area is 186 Å². The molecular formula is C22H37N3O5S. The van der Waals surface area contributed by atoms with Crippen LogP contribution in [-0.2, 0) is 31.3 Å². The molecule has 2 unspecified atom stereocenters. The summed E-state index contributed by atoms with van der Waals surface area (Å²) in [5.74, 6) is -0.124. The Bertz CT molecular complexity index is 836. The van der Waals surface area contributed by atoms with Gasteiger partial charge in [-0.15, -0.1) is 0 Å². The first-order valence-electron chi connectivity index (χ1n) is 10.9. The van der Waals surface area contributed by atoms with Crippen molar-refractivity contribution in [3.63, 3.8) is 0 Å². The van der Waals surface area contributed by atoms with E-state index >= 15 is 0 Å². The number of piperidine rings is 1. The lowest BCUT2D eigenvalue weighted by Gasteiger charge is -2.41. The summed E-state index contributed by atoms with van der Waals surface area (Å²) in [6.45, 7) is 10.5. The number of nitrogens with one attached hydrogen (secondary N) is 1. The fraction of sp³-hybridized carbons (Fsp3) is 0.727. The van der Waals surface area contributed by atoms with Crippen molar-refractivity contribution in [2.24, 2.45) is 0 Å². The van der Waals surface area contributed by atoms with Crippen LogP contribution in [0.4, 0.5) is 4.79 Å².